The lowest BCUT2D eigenvalue weighted by Crippen LogP contribution is -2.32. The first-order valence-electron chi connectivity index (χ1n) is 6.19. The fourth-order valence-corrected chi connectivity index (χ4v) is 1.55. The first kappa shape index (κ1) is 13.9. The van der Waals surface area contributed by atoms with E-state index in [1.54, 1.807) is 0 Å². The van der Waals surface area contributed by atoms with Crippen LogP contribution < -0.4 is 5.32 Å². The zero-order chi connectivity index (χ0) is 10.6. The van der Waals surface area contributed by atoms with Gasteiger partial charge in [0.2, 0.25) is 0 Å². The van der Waals surface area contributed by atoms with Gasteiger partial charge < -0.3 is 10.4 Å². The van der Waals surface area contributed by atoms with Gasteiger partial charge in [0.1, 0.15) is 0 Å². The third kappa shape index (κ3) is 8.52. The second-order valence-corrected chi connectivity index (χ2v) is 4.01. The summed E-state index contributed by atoms with van der Waals surface area (Å²) in [7, 11) is 0. The molecule has 0 saturated heterocycles. The summed E-state index contributed by atoms with van der Waals surface area (Å²) in [5, 5.41) is 12.3. The van der Waals surface area contributed by atoms with Gasteiger partial charge in [-0.2, -0.15) is 0 Å². The zero-order valence-corrected chi connectivity index (χ0v) is 9.89. The minimum Gasteiger partial charge on any atom is -0.395 e. The van der Waals surface area contributed by atoms with E-state index in [1.165, 1.54) is 38.5 Å². The molecule has 2 heteroatoms. The predicted molar refractivity (Wildman–Crippen MR) is 62.5 cm³/mol. The number of rotatable bonds is 10. The molecule has 14 heavy (non-hydrogen) atoms. The summed E-state index contributed by atoms with van der Waals surface area (Å²) in [5.74, 6) is 0. The maximum Gasteiger partial charge on any atom is 0.0584 e. The average Bonchev–Trinajstić information content (AvgIpc) is 2.22. The molecular formula is C12H27NO. The molecule has 0 aliphatic carbocycles. The summed E-state index contributed by atoms with van der Waals surface area (Å²) in [6.07, 6.45) is 9.04. The Morgan fingerprint density at radius 1 is 1.00 bits per heavy atom. The van der Waals surface area contributed by atoms with Crippen molar-refractivity contribution in [2.45, 2.75) is 64.8 Å². The van der Waals surface area contributed by atoms with Crippen molar-refractivity contribution in [3.05, 3.63) is 0 Å². The molecule has 86 valence electrons. The molecule has 0 aromatic heterocycles. The fraction of sp³-hybridized carbons (Fsp3) is 1.00. The highest BCUT2D eigenvalue weighted by Gasteiger charge is 2.01. The van der Waals surface area contributed by atoms with Crippen LogP contribution in [-0.2, 0) is 0 Å². The van der Waals surface area contributed by atoms with Gasteiger partial charge in [-0.15, -0.1) is 0 Å². The number of aliphatic hydroxyl groups excluding tert-OH is 1. The number of aliphatic hydroxyl groups is 1. The number of nitrogens with one attached hydrogen (secondary N) is 1. The molecule has 0 aliphatic heterocycles. The lowest BCUT2D eigenvalue weighted by molar-refractivity contribution is 0.238. The third-order valence-corrected chi connectivity index (χ3v) is 2.68. The molecule has 0 spiro atoms. The van der Waals surface area contributed by atoms with E-state index in [0.29, 0.717) is 6.04 Å². The van der Waals surface area contributed by atoms with Crippen LogP contribution in [0.5, 0.6) is 0 Å². The van der Waals surface area contributed by atoms with E-state index in [9.17, 15) is 0 Å². The summed E-state index contributed by atoms with van der Waals surface area (Å²) in [6, 6.07) is 0.311. The maximum atomic E-state index is 8.94. The van der Waals surface area contributed by atoms with Gasteiger partial charge in [-0.3, -0.25) is 0 Å². The number of hydrogen-bond acceptors (Lipinski definition) is 2. The van der Waals surface area contributed by atoms with Gasteiger partial charge in [-0.25, -0.2) is 0 Å². The van der Waals surface area contributed by atoms with E-state index in [-0.39, 0.29) is 6.61 Å². The molecular weight excluding hydrogens is 174 g/mol. The Morgan fingerprint density at radius 3 is 2.21 bits per heavy atom. The molecule has 2 nitrogen and oxygen atoms in total. The van der Waals surface area contributed by atoms with Crippen LogP contribution in [0.25, 0.3) is 0 Å². The molecule has 0 aliphatic rings. The Bertz CT molecular complexity index is 102. The molecule has 1 unspecified atom stereocenters. The fourth-order valence-electron chi connectivity index (χ4n) is 1.55. The van der Waals surface area contributed by atoms with Crippen LogP contribution in [0, 0.1) is 0 Å². The van der Waals surface area contributed by atoms with Crippen molar-refractivity contribution in [1.29, 1.82) is 0 Å². The first-order valence-corrected chi connectivity index (χ1v) is 6.19. The van der Waals surface area contributed by atoms with Crippen molar-refractivity contribution in [2.24, 2.45) is 0 Å². The molecule has 0 rings (SSSR count). The molecule has 0 radical (unpaired) electrons. The lowest BCUT2D eigenvalue weighted by Gasteiger charge is -2.13. The zero-order valence-electron chi connectivity index (χ0n) is 9.89. The number of hydrogen-bond donors (Lipinski definition) is 2. The monoisotopic (exact) mass is 201 g/mol. The van der Waals surface area contributed by atoms with E-state index in [4.69, 9.17) is 5.11 Å². The molecule has 0 bridgehead atoms. The average molecular weight is 201 g/mol. The second-order valence-electron chi connectivity index (χ2n) is 4.01. The van der Waals surface area contributed by atoms with Crippen LogP contribution >= 0.6 is 0 Å². The summed E-state index contributed by atoms with van der Waals surface area (Å²) < 4.78 is 0. The van der Waals surface area contributed by atoms with Crippen molar-refractivity contribution >= 4 is 0 Å². The van der Waals surface area contributed by atoms with Crippen molar-refractivity contribution in [1.82, 2.24) is 5.32 Å². The van der Waals surface area contributed by atoms with Gasteiger partial charge in [-0.1, -0.05) is 46.0 Å². The second kappa shape index (κ2) is 11.0. The summed E-state index contributed by atoms with van der Waals surface area (Å²) in [4.78, 5) is 0. The highest BCUT2D eigenvalue weighted by atomic mass is 16.3. The molecule has 0 heterocycles. The van der Waals surface area contributed by atoms with Gasteiger partial charge in [0, 0.05) is 6.04 Å². The highest BCUT2D eigenvalue weighted by molar-refractivity contribution is 4.62. The highest BCUT2D eigenvalue weighted by Crippen LogP contribution is 2.04. The predicted octanol–water partition coefficient (Wildman–Crippen LogP) is 2.71. The minimum absolute atomic E-state index is 0.270. The molecule has 0 fully saturated rings. The van der Waals surface area contributed by atoms with Crippen LogP contribution in [-0.4, -0.2) is 24.3 Å². The Labute approximate surface area is 89.1 Å². The minimum atomic E-state index is 0.270. The molecule has 2 N–H and O–H groups in total. The topological polar surface area (TPSA) is 32.3 Å². The van der Waals surface area contributed by atoms with Crippen LogP contribution in [0.2, 0.25) is 0 Å². The molecule has 0 aromatic carbocycles. The lowest BCUT2D eigenvalue weighted by atomic mass is 10.1. The Kier molecular flexibility index (Phi) is 10.9. The Balaban J connectivity index is 3.04. The SMILES string of the molecule is CCCCCCCCNC(CC)CO. The number of unbranched alkanes of at least 4 members (excludes halogenated alkanes) is 5. The van der Waals surface area contributed by atoms with E-state index >= 15 is 0 Å². The summed E-state index contributed by atoms with van der Waals surface area (Å²) in [6.45, 7) is 5.68. The van der Waals surface area contributed by atoms with E-state index in [1.807, 2.05) is 0 Å². The largest absolute Gasteiger partial charge is 0.395 e. The summed E-state index contributed by atoms with van der Waals surface area (Å²) in [5.41, 5.74) is 0. The molecule has 0 amide bonds. The standard InChI is InChI=1S/C12H27NO/c1-3-5-6-7-8-9-10-13-12(4-2)11-14/h12-14H,3-11H2,1-2H3. The van der Waals surface area contributed by atoms with E-state index in [0.717, 1.165) is 13.0 Å². The van der Waals surface area contributed by atoms with Crippen LogP contribution in [0.4, 0.5) is 0 Å². The van der Waals surface area contributed by atoms with Crippen LogP contribution in [0.3, 0.4) is 0 Å². The van der Waals surface area contributed by atoms with Crippen molar-refractivity contribution < 1.29 is 5.11 Å². The normalized spacial score (nSPS) is 13.1. The maximum absolute atomic E-state index is 8.94. The summed E-state index contributed by atoms with van der Waals surface area (Å²) >= 11 is 0. The molecule has 0 saturated carbocycles. The van der Waals surface area contributed by atoms with Crippen LogP contribution in [0.1, 0.15) is 58.8 Å². The van der Waals surface area contributed by atoms with Gasteiger partial charge in [0.05, 0.1) is 6.61 Å². The van der Waals surface area contributed by atoms with Crippen molar-refractivity contribution in [3.8, 4) is 0 Å². The molecule has 1 atom stereocenters. The van der Waals surface area contributed by atoms with Gasteiger partial charge in [-0.05, 0) is 19.4 Å². The van der Waals surface area contributed by atoms with E-state index < -0.39 is 0 Å². The van der Waals surface area contributed by atoms with Gasteiger partial charge in [0.15, 0.2) is 0 Å². The van der Waals surface area contributed by atoms with E-state index in [2.05, 4.69) is 19.2 Å². The molecule has 0 aromatic rings. The van der Waals surface area contributed by atoms with Crippen molar-refractivity contribution in [2.75, 3.05) is 13.2 Å². The first-order chi connectivity index (χ1) is 6.85. The van der Waals surface area contributed by atoms with Crippen LogP contribution in [0.15, 0.2) is 0 Å². The van der Waals surface area contributed by atoms with Gasteiger partial charge in [0.25, 0.3) is 0 Å². The smallest absolute Gasteiger partial charge is 0.0584 e. The quantitative estimate of drug-likeness (QED) is 0.533. The van der Waals surface area contributed by atoms with Gasteiger partial charge >= 0.3 is 0 Å². The Hall–Kier alpha value is -0.0800. The Morgan fingerprint density at radius 2 is 1.64 bits per heavy atom. The third-order valence-electron chi connectivity index (χ3n) is 2.68. The van der Waals surface area contributed by atoms with Crippen molar-refractivity contribution in [3.63, 3.8) is 0 Å².